The summed E-state index contributed by atoms with van der Waals surface area (Å²) in [4.78, 5) is 0. The van der Waals surface area contributed by atoms with Crippen LogP contribution in [0.3, 0.4) is 0 Å². The molecule has 0 saturated heterocycles. The quantitative estimate of drug-likeness (QED) is 0.316. The standard InChI is InChI=1S/C5H12O12S4/c6-18(7,8)1-5(2-19(9,10)11,3-20(12,13)14)4-21(15,16)17/h1-4H2,(H,6,7,8)(H,9,10,11)(H,12,13,14)(H,15,16,17). The molecule has 0 heterocycles. The molecule has 0 unspecified atom stereocenters. The van der Waals surface area contributed by atoms with Gasteiger partial charge in [0.1, 0.15) is 0 Å². The molecular weight excluding hydrogens is 380 g/mol. The second-order valence-corrected chi connectivity index (χ2v) is 10.2. The SMILES string of the molecule is O=S(=O)(O)CC(CS(=O)(=O)O)(CS(=O)(=O)O)CS(=O)(=O)O. The molecule has 128 valence electrons. The van der Waals surface area contributed by atoms with Gasteiger partial charge in [0.05, 0.1) is 23.0 Å². The van der Waals surface area contributed by atoms with E-state index in [1.54, 1.807) is 0 Å². The molecule has 0 aromatic rings. The first kappa shape index (κ1) is 20.6. The molecule has 0 amide bonds. The van der Waals surface area contributed by atoms with Gasteiger partial charge in [-0.2, -0.15) is 33.7 Å². The molecule has 0 saturated carbocycles. The van der Waals surface area contributed by atoms with E-state index in [1.165, 1.54) is 0 Å². The lowest BCUT2D eigenvalue weighted by Gasteiger charge is -2.28. The summed E-state index contributed by atoms with van der Waals surface area (Å²) in [5.74, 6) is -7.06. The van der Waals surface area contributed by atoms with Gasteiger partial charge < -0.3 is 0 Å². The van der Waals surface area contributed by atoms with Crippen molar-refractivity contribution in [3.63, 3.8) is 0 Å². The van der Waals surface area contributed by atoms with E-state index >= 15 is 0 Å². The van der Waals surface area contributed by atoms with Crippen molar-refractivity contribution in [1.29, 1.82) is 0 Å². The van der Waals surface area contributed by atoms with Crippen LogP contribution in [-0.2, 0) is 40.5 Å². The van der Waals surface area contributed by atoms with Gasteiger partial charge in [0.15, 0.2) is 0 Å². The third kappa shape index (κ3) is 10.9. The molecule has 12 nitrogen and oxygen atoms in total. The van der Waals surface area contributed by atoms with E-state index in [0.29, 0.717) is 0 Å². The lowest BCUT2D eigenvalue weighted by atomic mass is 9.99. The summed E-state index contributed by atoms with van der Waals surface area (Å²) in [6.45, 7) is 0. The van der Waals surface area contributed by atoms with E-state index in [4.69, 9.17) is 18.2 Å². The minimum absolute atomic E-state index is 1.76. The smallest absolute Gasteiger partial charge is 0.265 e. The summed E-state index contributed by atoms with van der Waals surface area (Å²) < 4.78 is 121. The zero-order valence-corrected chi connectivity index (χ0v) is 13.3. The van der Waals surface area contributed by atoms with Gasteiger partial charge in [0.2, 0.25) is 0 Å². The zero-order valence-electron chi connectivity index (χ0n) is 10.0. The van der Waals surface area contributed by atoms with Gasteiger partial charge in [0.25, 0.3) is 40.5 Å². The molecule has 0 atom stereocenters. The summed E-state index contributed by atoms with van der Waals surface area (Å²) in [5, 5.41) is 0. The van der Waals surface area contributed by atoms with Gasteiger partial charge in [-0.15, -0.1) is 0 Å². The highest BCUT2D eigenvalue weighted by molar-refractivity contribution is 7.88. The van der Waals surface area contributed by atoms with Gasteiger partial charge in [-0.25, -0.2) is 0 Å². The van der Waals surface area contributed by atoms with Crippen LogP contribution in [-0.4, -0.2) is 74.9 Å². The first-order chi connectivity index (χ1) is 8.83. The van der Waals surface area contributed by atoms with Crippen molar-refractivity contribution in [2.45, 2.75) is 0 Å². The molecule has 0 bridgehead atoms. The topological polar surface area (TPSA) is 217 Å². The fraction of sp³-hybridized carbons (Fsp3) is 1.00. The van der Waals surface area contributed by atoms with Crippen molar-refractivity contribution < 1.29 is 51.9 Å². The van der Waals surface area contributed by atoms with E-state index in [-0.39, 0.29) is 0 Å². The predicted octanol–water partition coefficient (Wildman–Crippen LogP) is -2.48. The Kier molecular flexibility index (Phi) is 5.93. The van der Waals surface area contributed by atoms with Crippen LogP contribution in [0, 0.1) is 5.41 Å². The van der Waals surface area contributed by atoms with Gasteiger partial charge in [0, 0.05) is 5.41 Å². The van der Waals surface area contributed by atoms with Crippen molar-refractivity contribution in [2.24, 2.45) is 5.41 Å². The maximum atomic E-state index is 10.8. The molecule has 0 aromatic carbocycles. The predicted molar refractivity (Wildman–Crippen MR) is 68.1 cm³/mol. The molecule has 0 aliphatic rings. The lowest BCUT2D eigenvalue weighted by Crippen LogP contribution is -2.47. The Morgan fingerprint density at radius 3 is 0.714 bits per heavy atom. The molecule has 0 spiro atoms. The van der Waals surface area contributed by atoms with E-state index in [1.807, 2.05) is 0 Å². The van der Waals surface area contributed by atoms with E-state index in [2.05, 4.69) is 0 Å². The van der Waals surface area contributed by atoms with Gasteiger partial charge in [-0.05, 0) is 0 Å². The van der Waals surface area contributed by atoms with Gasteiger partial charge in [-0.1, -0.05) is 0 Å². The van der Waals surface area contributed by atoms with Crippen molar-refractivity contribution in [3.8, 4) is 0 Å². The number of rotatable bonds is 8. The van der Waals surface area contributed by atoms with Gasteiger partial charge >= 0.3 is 0 Å². The first-order valence-corrected chi connectivity index (χ1v) is 11.1. The Balaban J connectivity index is 6.18. The second kappa shape index (κ2) is 6.03. The maximum absolute atomic E-state index is 10.8. The Bertz CT molecular complexity index is 640. The van der Waals surface area contributed by atoms with Crippen molar-refractivity contribution in [3.05, 3.63) is 0 Å². The normalized spacial score (nSPS) is 15.0. The molecule has 0 rings (SSSR count). The molecule has 0 aromatic heterocycles. The highest BCUT2D eigenvalue weighted by atomic mass is 32.2. The third-order valence-electron chi connectivity index (χ3n) is 1.95. The largest absolute Gasteiger partial charge is 0.286 e. The van der Waals surface area contributed by atoms with Crippen LogP contribution < -0.4 is 0 Å². The van der Waals surface area contributed by atoms with Gasteiger partial charge in [-0.3, -0.25) is 18.2 Å². The minimum Gasteiger partial charge on any atom is -0.286 e. The maximum Gasteiger partial charge on any atom is 0.265 e. The van der Waals surface area contributed by atoms with Crippen LogP contribution in [0.4, 0.5) is 0 Å². The summed E-state index contributed by atoms with van der Waals surface area (Å²) >= 11 is 0. The molecule has 0 aliphatic carbocycles. The average Bonchev–Trinajstić information content (AvgIpc) is 1.83. The highest BCUT2D eigenvalue weighted by Crippen LogP contribution is 2.26. The van der Waals surface area contributed by atoms with E-state index in [9.17, 15) is 33.7 Å². The van der Waals surface area contributed by atoms with Crippen LogP contribution >= 0.6 is 0 Å². The first-order valence-electron chi connectivity index (χ1n) is 4.63. The Morgan fingerprint density at radius 1 is 0.476 bits per heavy atom. The number of hydrogen-bond acceptors (Lipinski definition) is 8. The van der Waals surface area contributed by atoms with Crippen molar-refractivity contribution >= 4 is 40.5 Å². The van der Waals surface area contributed by atoms with Crippen LogP contribution in [0.15, 0.2) is 0 Å². The summed E-state index contributed by atoms with van der Waals surface area (Å²) in [5.41, 5.74) is -2.91. The Morgan fingerprint density at radius 2 is 0.619 bits per heavy atom. The van der Waals surface area contributed by atoms with Crippen molar-refractivity contribution in [2.75, 3.05) is 23.0 Å². The second-order valence-electron chi connectivity index (χ2n) is 4.41. The van der Waals surface area contributed by atoms with Crippen LogP contribution in [0.25, 0.3) is 0 Å². The zero-order chi connectivity index (χ0) is 17.3. The van der Waals surface area contributed by atoms with Crippen LogP contribution in [0.5, 0.6) is 0 Å². The molecular formula is C5H12O12S4. The minimum atomic E-state index is -5.13. The third-order valence-corrected chi connectivity index (χ3v) is 5.86. The monoisotopic (exact) mass is 392 g/mol. The molecule has 16 heteroatoms. The molecule has 0 fully saturated rings. The molecule has 0 radical (unpaired) electrons. The fourth-order valence-electron chi connectivity index (χ4n) is 1.80. The average molecular weight is 392 g/mol. The van der Waals surface area contributed by atoms with Crippen LogP contribution in [0.1, 0.15) is 0 Å². The summed E-state index contributed by atoms with van der Waals surface area (Å²) in [6, 6.07) is 0. The number of hydrogen-bond donors (Lipinski definition) is 4. The van der Waals surface area contributed by atoms with E-state index < -0.39 is 68.9 Å². The molecule has 4 N–H and O–H groups in total. The van der Waals surface area contributed by atoms with Crippen molar-refractivity contribution in [1.82, 2.24) is 0 Å². The Hall–Kier alpha value is -0.360. The lowest BCUT2D eigenvalue weighted by molar-refractivity contribution is 0.381. The molecule has 21 heavy (non-hydrogen) atoms. The van der Waals surface area contributed by atoms with E-state index in [0.717, 1.165) is 0 Å². The highest BCUT2D eigenvalue weighted by Gasteiger charge is 2.45. The fourth-order valence-corrected chi connectivity index (χ4v) is 6.89. The molecule has 0 aliphatic heterocycles. The summed E-state index contributed by atoms with van der Waals surface area (Å²) in [6.07, 6.45) is 0. The summed E-state index contributed by atoms with van der Waals surface area (Å²) in [7, 11) is -20.5. The van der Waals surface area contributed by atoms with Crippen LogP contribution in [0.2, 0.25) is 0 Å². The Labute approximate surface area is 121 Å².